The Morgan fingerprint density at radius 1 is 1.03 bits per heavy atom. The van der Waals surface area contributed by atoms with Crippen molar-refractivity contribution in [1.82, 2.24) is 15.5 Å². The van der Waals surface area contributed by atoms with Gasteiger partial charge in [0.1, 0.15) is 12.3 Å². The van der Waals surface area contributed by atoms with Crippen molar-refractivity contribution >= 4 is 47.3 Å². The number of carbonyl (C=O) groups excluding carboxylic acids is 5. The normalized spacial score (nSPS) is 16.6. The molecule has 0 radical (unpaired) electrons. The number of halogens is 1. The lowest BCUT2D eigenvalue weighted by atomic mass is 10.0. The second-order valence-electron chi connectivity index (χ2n) is 10.0. The van der Waals surface area contributed by atoms with Crippen molar-refractivity contribution < 1.29 is 24.0 Å². The van der Waals surface area contributed by atoms with Crippen LogP contribution in [0.5, 0.6) is 0 Å². The first kappa shape index (κ1) is 28.3. The molecule has 9 nitrogen and oxygen atoms in total. The van der Waals surface area contributed by atoms with Crippen molar-refractivity contribution in [3.05, 3.63) is 63.7 Å². The molecule has 206 valence electrons. The number of piperidine rings is 1. The average molecular weight is 553 g/mol. The fraction of sp³-hybridized carbons (Fsp3) is 0.414. The molecule has 1 unspecified atom stereocenters. The van der Waals surface area contributed by atoms with Crippen molar-refractivity contribution in [2.24, 2.45) is 0 Å². The number of hydrogen-bond donors (Lipinski definition) is 3. The molecule has 0 aromatic heterocycles. The average Bonchev–Trinajstić information content (AvgIpc) is 3.22. The highest BCUT2D eigenvalue weighted by atomic mass is 35.5. The highest BCUT2D eigenvalue weighted by Gasteiger charge is 2.39. The Balaban J connectivity index is 1.26. The number of imide groups is 1. The quantitative estimate of drug-likeness (QED) is 0.203. The maximum Gasteiger partial charge on any atom is 0.319 e. The number of hydrogen-bond acceptors (Lipinski definition) is 5. The first-order valence-electron chi connectivity index (χ1n) is 13.4. The molecule has 2 heterocycles. The van der Waals surface area contributed by atoms with Crippen molar-refractivity contribution in [2.45, 2.75) is 76.9 Å². The third-order valence-corrected chi connectivity index (χ3v) is 7.26. The summed E-state index contributed by atoms with van der Waals surface area (Å²) in [5, 5.41) is 8.52. The van der Waals surface area contributed by atoms with E-state index in [4.69, 9.17) is 11.6 Å². The third kappa shape index (κ3) is 7.66. The van der Waals surface area contributed by atoms with E-state index >= 15 is 0 Å². The molecule has 0 aliphatic carbocycles. The van der Waals surface area contributed by atoms with Gasteiger partial charge in [0.25, 0.3) is 5.91 Å². The molecule has 3 N–H and O–H groups in total. The zero-order valence-corrected chi connectivity index (χ0v) is 22.5. The number of carbonyl (C=O) groups is 5. The predicted octanol–water partition coefficient (Wildman–Crippen LogP) is 4.50. The maximum absolute atomic E-state index is 12.9. The molecule has 1 fully saturated rings. The van der Waals surface area contributed by atoms with Gasteiger partial charge >= 0.3 is 6.03 Å². The van der Waals surface area contributed by atoms with Crippen LogP contribution in [-0.2, 0) is 33.9 Å². The number of fused-ring (bicyclic) bond motifs is 1. The smallest absolute Gasteiger partial charge is 0.319 e. The minimum absolute atomic E-state index is 0.207. The molecule has 39 heavy (non-hydrogen) atoms. The molecule has 2 aromatic rings. The van der Waals surface area contributed by atoms with Crippen LogP contribution in [0.25, 0.3) is 0 Å². The SMILES string of the molecule is O=CCCCCCCCc1cc(Cl)cc(NC(=O)NCc2ccc3c(c2)CN(C2CCC(=O)NC2=O)C3=O)c1. The number of aryl methyl sites for hydroxylation is 1. The minimum atomic E-state index is -0.661. The lowest BCUT2D eigenvalue weighted by Crippen LogP contribution is -2.52. The molecular formula is C29H33ClN4O5. The monoisotopic (exact) mass is 552 g/mol. The highest BCUT2D eigenvalue weighted by Crippen LogP contribution is 2.28. The number of urea groups is 1. The third-order valence-electron chi connectivity index (χ3n) is 7.04. The van der Waals surface area contributed by atoms with Gasteiger partial charge in [0.15, 0.2) is 0 Å². The van der Waals surface area contributed by atoms with Crippen LogP contribution in [0.4, 0.5) is 10.5 Å². The highest BCUT2D eigenvalue weighted by molar-refractivity contribution is 6.31. The summed E-state index contributed by atoms with van der Waals surface area (Å²) in [4.78, 5) is 61.0. The Bertz CT molecular complexity index is 1260. The summed E-state index contributed by atoms with van der Waals surface area (Å²) in [6.45, 7) is 0.535. The Kier molecular flexibility index (Phi) is 9.70. The summed E-state index contributed by atoms with van der Waals surface area (Å²) in [5.74, 6) is -0.993. The number of nitrogens with zero attached hydrogens (tertiary/aromatic N) is 1. The van der Waals surface area contributed by atoms with E-state index in [1.165, 1.54) is 4.90 Å². The molecule has 5 amide bonds. The lowest BCUT2D eigenvalue weighted by molar-refractivity contribution is -0.136. The number of nitrogens with one attached hydrogen (secondary N) is 3. The molecular weight excluding hydrogens is 520 g/mol. The molecule has 1 saturated heterocycles. The first-order chi connectivity index (χ1) is 18.8. The summed E-state index contributed by atoms with van der Waals surface area (Å²) in [7, 11) is 0. The van der Waals surface area contributed by atoms with Crippen molar-refractivity contribution in [1.29, 1.82) is 0 Å². The molecule has 0 spiro atoms. The Morgan fingerprint density at radius 2 is 1.82 bits per heavy atom. The topological polar surface area (TPSA) is 125 Å². The van der Waals surface area contributed by atoms with Gasteiger partial charge in [0.05, 0.1) is 0 Å². The van der Waals surface area contributed by atoms with E-state index in [9.17, 15) is 24.0 Å². The fourth-order valence-electron chi connectivity index (χ4n) is 5.05. The van der Waals surface area contributed by atoms with Gasteiger partial charge in [0, 0.05) is 42.2 Å². The van der Waals surface area contributed by atoms with Crippen molar-refractivity contribution in [3.63, 3.8) is 0 Å². The van der Waals surface area contributed by atoms with Crippen molar-refractivity contribution in [3.8, 4) is 0 Å². The Morgan fingerprint density at radius 3 is 2.62 bits per heavy atom. The van der Waals surface area contributed by atoms with Gasteiger partial charge < -0.3 is 20.3 Å². The predicted molar refractivity (Wildman–Crippen MR) is 147 cm³/mol. The van der Waals surface area contributed by atoms with Crippen molar-refractivity contribution in [2.75, 3.05) is 5.32 Å². The van der Waals surface area contributed by atoms with Crippen LogP contribution < -0.4 is 16.0 Å². The summed E-state index contributed by atoms with van der Waals surface area (Å²) in [5.41, 5.74) is 3.80. The van der Waals surface area contributed by atoms with E-state index in [-0.39, 0.29) is 37.4 Å². The molecule has 0 bridgehead atoms. The number of anilines is 1. The molecule has 2 aliphatic heterocycles. The van der Waals surface area contributed by atoms with E-state index in [2.05, 4.69) is 16.0 Å². The van der Waals surface area contributed by atoms with Gasteiger partial charge in [-0.3, -0.25) is 19.7 Å². The lowest BCUT2D eigenvalue weighted by Gasteiger charge is -2.29. The summed E-state index contributed by atoms with van der Waals surface area (Å²) in [6.07, 6.45) is 8.13. The van der Waals surface area contributed by atoms with Crippen LogP contribution in [0.1, 0.15) is 78.4 Å². The van der Waals surface area contributed by atoms with Gasteiger partial charge in [-0.2, -0.15) is 0 Å². The fourth-order valence-corrected chi connectivity index (χ4v) is 5.31. The number of amides is 5. The van der Waals surface area contributed by atoms with E-state index < -0.39 is 11.9 Å². The van der Waals surface area contributed by atoms with E-state index in [1.54, 1.807) is 18.2 Å². The van der Waals surface area contributed by atoms with Gasteiger partial charge in [0.2, 0.25) is 11.8 Å². The van der Waals surface area contributed by atoms with Crippen LogP contribution in [0, 0.1) is 0 Å². The van der Waals surface area contributed by atoms with Crippen LogP contribution in [-0.4, -0.2) is 41.0 Å². The first-order valence-corrected chi connectivity index (χ1v) is 13.8. The number of aldehydes is 1. The zero-order chi connectivity index (χ0) is 27.8. The van der Waals surface area contributed by atoms with Crippen LogP contribution in [0.3, 0.4) is 0 Å². The molecule has 0 saturated carbocycles. The summed E-state index contributed by atoms with van der Waals surface area (Å²) >= 11 is 6.28. The summed E-state index contributed by atoms with van der Waals surface area (Å²) < 4.78 is 0. The number of rotatable bonds is 12. The largest absolute Gasteiger partial charge is 0.334 e. The zero-order valence-electron chi connectivity index (χ0n) is 21.8. The second-order valence-corrected chi connectivity index (χ2v) is 10.5. The van der Waals surface area contributed by atoms with Crippen LogP contribution in [0.15, 0.2) is 36.4 Å². The molecule has 1 atom stereocenters. The van der Waals surface area contributed by atoms with Crippen LogP contribution in [0.2, 0.25) is 5.02 Å². The standard InChI is InChI=1S/C29H33ClN4O5/c30-22-14-19(7-5-3-1-2-4-6-12-35)15-23(16-22)32-29(39)31-17-20-8-9-24-21(13-20)18-34(28(24)38)25-10-11-26(36)33-27(25)37/h8-9,12-16,25H,1-7,10-11,17-18H2,(H2,31,32,39)(H,33,36,37). The Labute approximate surface area is 232 Å². The van der Waals surface area contributed by atoms with Gasteiger partial charge in [-0.15, -0.1) is 0 Å². The molecule has 10 heteroatoms. The number of unbranched alkanes of at least 4 members (excludes halogenated alkanes) is 5. The minimum Gasteiger partial charge on any atom is -0.334 e. The molecule has 2 aliphatic rings. The van der Waals surface area contributed by atoms with E-state index in [0.717, 1.165) is 61.5 Å². The maximum atomic E-state index is 12.9. The van der Waals surface area contributed by atoms with Crippen LogP contribution >= 0.6 is 11.6 Å². The van der Waals surface area contributed by atoms with Gasteiger partial charge in [-0.1, -0.05) is 43.0 Å². The van der Waals surface area contributed by atoms with Gasteiger partial charge in [-0.05, 0) is 66.6 Å². The van der Waals surface area contributed by atoms with E-state index in [1.807, 2.05) is 18.2 Å². The number of benzene rings is 2. The second kappa shape index (κ2) is 13.4. The van der Waals surface area contributed by atoms with Gasteiger partial charge in [-0.25, -0.2) is 4.79 Å². The molecule has 4 rings (SSSR count). The Hall–Kier alpha value is -3.72. The van der Waals surface area contributed by atoms with E-state index in [0.29, 0.717) is 29.1 Å². The molecule has 2 aromatic carbocycles. The summed E-state index contributed by atoms with van der Waals surface area (Å²) in [6, 6.07) is 9.84.